The van der Waals surface area contributed by atoms with Gasteiger partial charge in [0.2, 0.25) is 0 Å². The molecular weight excluding hydrogens is 254 g/mol. The van der Waals surface area contributed by atoms with Crippen LogP contribution in [0.5, 0.6) is 0 Å². The van der Waals surface area contributed by atoms with Gasteiger partial charge in [0.15, 0.2) is 5.65 Å². The second-order valence-electron chi connectivity index (χ2n) is 3.95. The van der Waals surface area contributed by atoms with Crippen LogP contribution >= 0.6 is 15.9 Å². The molecule has 0 saturated heterocycles. The molecule has 4 heteroatoms. The highest BCUT2D eigenvalue weighted by Gasteiger charge is 2.28. The highest BCUT2D eigenvalue weighted by molar-refractivity contribution is 9.10. The van der Waals surface area contributed by atoms with Crippen LogP contribution in [0.3, 0.4) is 0 Å². The molecule has 3 nitrogen and oxygen atoms in total. The topological polar surface area (TPSA) is 30.7 Å². The lowest BCUT2D eigenvalue weighted by molar-refractivity contribution is 0.702. The van der Waals surface area contributed by atoms with E-state index in [4.69, 9.17) is 0 Å². The molecule has 2 heterocycles. The number of nitrogens with zero attached hydrogens (tertiary/aromatic N) is 3. The monoisotopic (exact) mass is 265 g/mol. The van der Waals surface area contributed by atoms with Gasteiger partial charge in [-0.25, -0.2) is 9.97 Å². The third-order valence-corrected chi connectivity index (χ3v) is 3.47. The first-order chi connectivity index (χ1) is 7.31. The van der Waals surface area contributed by atoms with E-state index in [2.05, 4.69) is 37.4 Å². The van der Waals surface area contributed by atoms with Gasteiger partial charge in [-0.2, -0.15) is 0 Å². The lowest BCUT2D eigenvalue weighted by atomic mass is 10.4. The van der Waals surface area contributed by atoms with Crippen molar-refractivity contribution in [3.05, 3.63) is 22.6 Å². The molecule has 0 N–H and O–H groups in total. The van der Waals surface area contributed by atoms with Gasteiger partial charge < -0.3 is 4.57 Å². The molecule has 0 aliphatic heterocycles. The summed E-state index contributed by atoms with van der Waals surface area (Å²) in [6.07, 6.45) is 5.35. The van der Waals surface area contributed by atoms with E-state index in [0.717, 1.165) is 27.9 Å². The van der Waals surface area contributed by atoms with E-state index in [0.29, 0.717) is 6.04 Å². The summed E-state index contributed by atoms with van der Waals surface area (Å²) in [7, 11) is 0. The molecule has 15 heavy (non-hydrogen) atoms. The zero-order valence-corrected chi connectivity index (χ0v) is 10.2. The Bertz CT molecular complexity index is 514. The first-order valence-electron chi connectivity index (χ1n) is 5.32. The fraction of sp³-hybridized carbons (Fsp3) is 0.455. The maximum absolute atomic E-state index is 4.65. The largest absolute Gasteiger partial charge is 0.310 e. The predicted octanol–water partition coefficient (Wildman–Crippen LogP) is 3.09. The van der Waals surface area contributed by atoms with Crippen molar-refractivity contribution in [2.75, 3.05) is 0 Å². The lowest BCUT2D eigenvalue weighted by Gasteiger charge is -2.03. The summed E-state index contributed by atoms with van der Waals surface area (Å²) in [4.78, 5) is 9.09. The minimum absolute atomic E-state index is 0.645. The average molecular weight is 266 g/mol. The first-order valence-corrected chi connectivity index (χ1v) is 6.12. The minimum atomic E-state index is 0.645. The molecule has 1 aliphatic rings. The third kappa shape index (κ3) is 1.39. The van der Waals surface area contributed by atoms with Crippen molar-refractivity contribution in [3.63, 3.8) is 0 Å². The van der Waals surface area contributed by atoms with E-state index in [-0.39, 0.29) is 0 Å². The Hall–Kier alpha value is -0.900. The van der Waals surface area contributed by atoms with Crippen LogP contribution in [0, 0.1) is 0 Å². The summed E-state index contributed by atoms with van der Waals surface area (Å²) < 4.78 is 3.35. The van der Waals surface area contributed by atoms with E-state index < -0.39 is 0 Å². The van der Waals surface area contributed by atoms with Crippen LogP contribution in [-0.2, 0) is 6.42 Å². The minimum Gasteiger partial charge on any atom is -0.310 e. The van der Waals surface area contributed by atoms with Crippen LogP contribution in [-0.4, -0.2) is 14.5 Å². The van der Waals surface area contributed by atoms with Crippen molar-refractivity contribution >= 4 is 27.1 Å². The third-order valence-electron chi connectivity index (χ3n) is 2.83. The number of hydrogen-bond acceptors (Lipinski definition) is 2. The van der Waals surface area contributed by atoms with Crippen molar-refractivity contribution in [2.24, 2.45) is 0 Å². The van der Waals surface area contributed by atoms with Gasteiger partial charge >= 0.3 is 0 Å². The Morgan fingerprint density at radius 1 is 1.53 bits per heavy atom. The van der Waals surface area contributed by atoms with Crippen LogP contribution in [0.25, 0.3) is 11.2 Å². The summed E-state index contributed by atoms with van der Waals surface area (Å²) in [6, 6.07) is 2.60. The molecule has 1 fully saturated rings. The molecule has 1 saturated carbocycles. The summed E-state index contributed by atoms with van der Waals surface area (Å²) in [5.74, 6) is 1.16. The molecule has 2 aromatic heterocycles. The van der Waals surface area contributed by atoms with Crippen molar-refractivity contribution in [1.82, 2.24) is 14.5 Å². The maximum Gasteiger partial charge on any atom is 0.161 e. The Labute approximate surface area is 96.7 Å². The molecule has 0 unspecified atom stereocenters. The molecule has 0 radical (unpaired) electrons. The number of hydrogen-bond donors (Lipinski definition) is 0. The first kappa shape index (κ1) is 9.33. The molecule has 0 atom stereocenters. The molecule has 78 valence electrons. The SMILES string of the molecule is CCc1nc2c(Br)ccnc2n1C1CC1. The van der Waals surface area contributed by atoms with Gasteiger partial charge in [0.1, 0.15) is 11.3 Å². The number of fused-ring (bicyclic) bond motifs is 1. The predicted molar refractivity (Wildman–Crippen MR) is 62.9 cm³/mol. The highest BCUT2D eigenvalue weighted by Crippen LogP contribution is 2.39. The maximum atomic E-state index is 4.65. The zero-order valence-electron chi connectivity index (χ0n) is 8.57. The van der Waals surface area contributed by atoms with Crippen LogP contribution in [0.15, 0.2) is 16.7 Å². The Morgan fingerprint density at radius 3 is 3.00 bits per heavy atom. The van der Waals surface area contributed by atoms with E-state index in [1.54, 1.807) is 0 Å². The van der Waals surface area contributed by atoms with Crippen molar-refractivity contribution in [3.8, 4) is 0 Å². The molecule has 0 aromatic carbocycles. The summed E-state index contributed by atoms with van der Waals surface area (Å²) in [6.45, 7) is 2.15. The van der Waals surface area contributed by atoms with Gasteiger partial charge in [0, 0.05) is 23.1 Å². The van der Waals surface area contributed by atoms with E-state index in [9.17, 15) is 0 Å². The molecule has 0 bridgehead atoms. The van der Waals surface area contributed by atoms with Gasteiger partial charge in [-0.1, -0.05) is 6.92 Å². The Morgan fingerprint density at radius 2 is 2.33 bits per heavy atom. The van der Waals surface area contributed by atoms with E-state index in [1.165, 1.54) is 12.8 Å². The normalized spacial score (nSPS) is 16.1. The number of pyridine rings is 1. The van der Waals surface area contributed by atoms with E-state index in [1.807, 2.05) is 12.3 Å². The van der Waals surface area contributed by atoms with Crippen molar-refractivity contribution in [2.45, 2.75) is 32.2 Å². The molecule has 3 rings (SSSR count). The second-order valence-corrected chi connectivity index (χ2v) is 4.80. The van der Waals surface area contributed by atoms with Crippen molar-refractivity contribution < 1.29 is 0 Å². The van der Waals surface area contributed by atoms with Gasteiger partial charge in [0.25, 0.3) is 0 Å². The quantitative estimate of drug-likeness (QED) is 0.836. The Balaban J connectivity index is 2.33. The Kier molecular flexibility index (Phi) is 2.06. The summed E-state index contributed by atoms with van der Waals surface area (Å²) in [5.41, 5.74) is 2.03. The second kappa shape index (κ2) is 3.30. The summed E-state index contributed by atoms with van der Waals surface area (Å²) >= 11 is 3.53. The molecular formula is C11H12BrN3. The number of rotatable bonds is 2. The fourth-order valence-corrected chi connectivity index (χ4v) is 2.36. The number of aromatic nitrogens is 3. The van der Waals surface area contributed by atoms with Crippen LogP contribution < -0.4 is 0 Å². The van der Waals surface area contributed by atoms with Gasteiger partial charge in [-0.05, 0) is 34.8 Å². The number of imidazole rings is 1. The molecule has 0 spiro atoms. The molecule has 2 aromatic rings. The average Bonchev–Trinajstić information content (AvgIpc) is 3.00. The summed E-state index contributed by atoms with van der Waals surface area (Å²) in [5, 5.41) is 0. The van der Waals surface area contributed by atoms with Gasteiger partial charge in [-0.15, -0.1) is 0 Å². The van der Waals surface area contributed by atoms with Gasteiger partial charge in [0.05, 0.1) is 0 Å². The van der Waals surface area contributed by atoms with E-state index >= 15 is 0 Å². The number of aryl methyl sites for hydroxylation is 1. The highest BCUT2D eigenvalue weighted by atomic mass is 79.9. The number of halogens is 1. The van der Waals surface area contributed by atoms with Crippen molar-refractivity contribution in [1.29, 1.82) is 0 Å². The van der Waals surface area contributed by atoms with Crippen LogP contribution in [0.4, 0.5) is 0 Å². The fourth-order valence-electron chi connectivity index (χ4n) is 1.97. The zero-order chi connectivity index (χ0) is 10.4. The van der Waals surface area contributed by atoms with Crippen LogP contribution in [0.2, 0.25) is 0 Å². The van der Waals surface area contributed by atoms with Gasteiger partial charge in [-0.3, -0.25) is 0 Å². The molecule has 0 amide bonds. The van der Waals surface area contributed by atoms with Crippen LogP contribution in [0.1, 0.15) is 31.6 Å². The molecule has 1 aliphatic carbocycles. The lowest BCUT2D eigenvalue weighted by Crippen LogP contribution is -2.00. The smallest absolute Gasteiger partial charge is 0.161 e. The standard InChI is InChI=1S/C11H12BrN3/c1-2-9-14-10-8(12)5-6-13-11(10)15(9)7-3-4-7/h5-7H,2-4H2,1H3.